The molecule has 0 radical (unpaired) electrons. The lowest BCUT2D eigenvalue weighted by molar-refractivity contribution is -0.127. The van der Waals surface area contributed by atoms with Crippen LogP contribution in [0, 0.1) is 0 Å². The van der Waals surface area contributed by atoms with Crippen LogP contribution in [0.5, 0.6) is 0 Å². The maximum atomic E-state index is 13.3. The summed E-state index contributed by atoms with van der Waals surface area (Å²) in [4.78, 5) is 28.4. The van der Waals surface area contributed by atoms with Crippen LogP contribution in [0.2, 0.25) is 0 Å². The van der Waals surface area contributed by atoms with E-state index in [1.165, 1.54) is 16.7 Å². The van der Waals surface area contributed by atoms with Gasteiger partial charge in [-0.2, -0.15) is 0 Å². The Morgan fingerprint density at radius 1 is 1.03 bits per heavy atom. The van der Waals surface area contributed by atoms with E-state index in [9.17, 15) is 9.59 Å². The number of hydrogen-bond donors (Lipinski definition) is 0. The number of aromatic nitrogens is 3. The Kier molecular flexibility index (Phi) is 4.81. The number of carbonyl (C=O) groups is 2. The number of imide groups is 1. The lowest BCUT2D eigenvalue weighted by Crippen LogP contribution is -2.41. The van der Waals surface area contributed by atoms with Gasteiger partial charge in [0.2, 0.25) is 10.9 Å². The molecule has 1 saturated heterocycles. The highest BCUT2D eigenvalue weighted by molar-refractivity contribution is 8.00. The minimum absolute atomic E-state index is 0.141. The Hall–Kier alpha value is -2.71. The van der Waals surface area contributed by atoms with Crippen LogP contribution >= 0.6 is 23.1 Å². The third-order valence-corrected chi connectivity index (χ3v) is 7.27. The van der Waals surface area contributed by atoms with Gasteiger partial charge in [-0.1, -0.05) is 59.9 Å². The molecule has 0 aliphatic carbocycles. The Bertz CT molecular complexity index is 1200. The van der Waals surface area contributed by atoms with E-state index in [-0.39, 0.29) is 17.1 Å². The summed E-state index contributed by atoms with van der Waals surface area (Å²) in [6.07, 6.45) is 2.44. The second-order valence-electron chi connectivity index (χ2n) is 6.93. The van der Waals surface area contributed by atoms with Crippen molar-refractivity contribution in [2.75, 3.05) is 6.54 Å². The van der Waals surface area contributed by atoms with E-state index in [0.29, 0.717) is 17.3 Å². The molecule has 0 unspecified atom stereocenters. The molecule has 1 atom stereocenters. The molecule has 1 aliphatic rings. The van der Waals surface area contributed by atoms with E-state index in [0.717, 1.165) is 34.4 Å². The van der Waals surface area contributed by atoms with Crippen LogP contribution in [0.15, 0.2) is 59.8 Å². The van der Waals surface area contributed by atoms with Gasteiger partial charge >= 0.3 is 0 Å². The summed E-state index contributed by atoms with van der Waals surface area (Å²) in [5, 5.41) is 8.96. The molecule has 0 N–H and O–H groups in total. The Balaban J connectivity index is 1.45. The highest BCUT2D eigenvalue weighted by Crippen LogP contribution is 2.34. The van der Waals surface area contributed by atoms with Gasteiger partial charge in [-0.25, -0.2) is 0 Å². The van der Waals surface area contributed by atoms with Crippen LogP contribution in [-0.2, 0) is 4.79 Å². The van der Waals surface area contributed by atoms with Crippen LogP contribution < -0.4 is 0 Å². The molecule has 0 bridgehead atoms. The topological polar surface area (TPSA) is 67.6 Å². The zero-order valence-electron chi connectivity index (χ0n) is 15.5. The lowest BCUT2D eigenvalue weighted by Gasteiger charge is -2.22. The molecule has 29 heavy (non-hydrogen) atoms. The van der Waals surface area contributed by atoms with E-state index in [4.69, 9.17) is 0 Å². The number of rotatable bonds is 3. The van der Waals surface area contributed by atoms with Gasteiger partial charge in [0.05, 0.1) is 15.5 Å². The van der Waals surface area contributed by atoms with Gasteiger partial charge in [0.1, 0.15) is 0 Å². The first kappa shape index (κ1) is 18.3. The first-order valence-electron chi connectivity index (χ1n) is 9.52. The molecule has 0 saturated carbocycles. The molecule has 6 nitrogen and oxygen atoms in total. The predicted molar refractivity (Wildman–Crippen MR) is 114 cm³/mol. The van der Waals surface area contributed by atoms with Gasteiger partial charge in [-0.3, -0.25) is 18.9 Å². The van der Waals surface area contributed by atoms with Gasteiger partial charge in [0.15, 0.2) is 5.16 Å². The Labute approximate surface area is 175 Å². The van der Waals surface area contributed by atoms with Crippen LogP contribution in [0.1, 0.15) is 29.6 Å². The van der Waals surface area contributed by atoms with Gasteiger partial charge in [-0.15, -0.1) is 10.2 Å². The first-order valence-corrected chi connectivity index (χ1v) is 11.2. The Morgan fingerprint density at radius 2 is 1.83 bits per heavy atom. The fraction of sp³-hybridized carbons (Fsp3) is 0.238. The lowest BCUT2D eigenvalue weighted by atomic mass is 10.2. The number of fused-ring (bicyclic) bond motifs is 3. The molecule has 2 amide bonds. The number of thioether (sulfide) groups is 1. The zero-order chi connectivity index (χ0) is 19.8. The number of para-hydroxylation sites is 1. The van der Waals surface area contributed by atoms with Crippen LogP contribution in [0.25, 0.3) is 15.2 Å². The van der Waals surface area contributed by atoms with E-state index in [1.54, 1.807) is 23.5 Å². The summed E-state index contributed by atoms with van der Waals surface area (Å²) in [5.41, 5.74) is 1.58. The summed E-state index contributed by atoms with van der Waals surface area (Å²) < 4.78 is 3.14. The zero-order valence-corrected chi connectivity index (χ0v) is 17.2. The van der Waals surface area contributed by atoms with Crippen molar-refractivity contribution in [3.63, 3.8) is 0 Å². The smallest absolute Gasteiger partial charge is 0.260 e. The normalized spacial score (nSPS) is 17.7. The second-order valence-corrected chi connectivity index (χ2v) is 9.11. The van der Waals surface area contributed by atoms with E-state index in [1.807, 2.05) is 40.8 Å². The molecule has 0 spiro atoms. The molecule has 1 fully saturated rings. The van der Waals surface area contributed by atoms with Gasteiger partial charge in [0.25, 0.3) is 5.91 Å². The molecular formula is C21H18N4O2S2. The summed E-state index contributed by atoms with van der Waals surface area (Å²) in [6.45, 7) is 0.459. The molecule has 2 aromatic carbocycles. The summed E-state index contributed by atoms with van der Waals surface area (Å²) in [7, 11) is 0. The van der Waals surface area contributed by atoms with Gasteiger partial charge in [-0.05, 0) is 37.1 Å². The number of hydrogen-bond acceptors (Lipinski definition) is 6. The summed E-state index contributed by atoms with van der Waals surface area (Å²) >= 11 is 2.99. The van der Waals surface area contributed by atoms with Crippen molar-refractivity contribution >= 4 is 50.1 Å². The van der Waals surface area contributed by atoms with Crippen LogP contribution in [-0.4, -0.2) is 43.1 Å². The molecule has 1 aliphatic heterocycles. The average Bonchev–Trinajstić information content (AvgIpc) is 3.26. The average molecular weight is 423 g/mol. The third kappa shape index (κ3) is 3.32. The number of benzene rings is 2. The minimum Gasteiger partial charge on any atom is -0.278 e. The molecule has 146 valence electrons. The third-order valence-electron chi connectivity index (χ3n) is 5.06. The van der Waals surface area contributed by atoms with Crippen molar-refractivity contribution in [2.24, 2.45) is 0 Å². The van der Waals surface area contributed by atoms with Crippen molar-refractivity contribution in [1.82, 2.24) is 19.5 Å². The van der Waals surface area contributed by atoms with Gasteiger partial charge < -0.3 is 0 Å². The standard InChI is InChI=1S/C21H18N4O2S2/c26-18(14-8-2-1-3-9-14)24-13-7-6-12-17(19(24)27)29-21-23-22-20-25(21)15-10-4-5-11-16(15)28-20/h1-5,8-11,17H,6-7,12-13H2/t17-/m1/s1. The maximum absolute atomic E-state index is 13.3. The predicted octanol–water partition coefficient (Wildman–Crippen LogP) is 4.26. The number of carbonyl (C=O) groups excluding carboxylic acids is 2. The van der Waals surface area contributed by atoms with Crippen molar-refractivity contribution in [3.8, 4) is 0 Å². The fourth-order valence-electron chi connectivity index (χ4n) is 3.61. The molecule has 5 rings (SSSR count). The monoisotopic (exact) mass is 422 g/mol. The van der Waals surface area contributed by atoms with Crippen LogP contribution in [0.3, 0.4) is 0 Å². The van der Waals surface area contributed by atoms with E-state index < -0.39 is 0 Å². The van der Waals surface area contributed by atoms with E-state index >= 15 is 0 Å². The number of nitrogens with zero attached hydrogens (tertiary/aromatic N) is 4. The van der Waals surface area contributed by atoms with E-state index in [2.05, 4.69) is 16.3 Å². The van der Waals surface area contributed by atoms with Crippen molar-refractivity contribution in [3.05, 3.63) is 60.2 Å². The highest BCUT2D eigenvalue weighted by atomic mass is 32.2. The molecular weight excluding hydrogens is 404 g/mol. The fourth-order valence-corrected chi connectivity index (χ4v) is 5.78. The largest absolute Gasteiger partial charge is 0.278 e. The SMILES string of the molecule is O=C(c1ccccc1)N1CCCC[C@@H](Sc2nnc3sc4ccccc4n23)C1=O. The minimum atomic E-state index is -0.351. The molecule has 2 aromatic heterocycles. The molecule has 3 heterocycles. The Morgan fingerprint density at radius 3 is 2.69 bits per heavy atom. The first-order chi connectivity index (χ1) is 14.2. The number of amides is 2. The summed E-state index contributed by atoms with van der Waals surface area (Å²) in [5.74, 6) is -0.367. The summed E-state index contributed by atoms with van der Waals surface area (Å²) in [6, 6.07) is 17.1. The second kappa shape index (κ2) is 7.61. The maximum Gasteiger partial charge on any atom is 0.260 e. The number of likely N-dealkylation sites (tertiary alicyclic amines) is 1. The van der Waals surface area contributed by atoms with Gasteiger partial charge in [0, 0.05) is 12.1 Å². The molecule has 4 aromatic rings. The van der Waals surface area contributed by atoms with Crippen molar-refractivity contribution < 1.29 is 9.59 Å². The number of thiazole rings is 1. The van der Waals surface area contributed by atoms with Crippen molar-refractivity contribution in [2.45, 2.75) is 29.7 Å². The highest BCUT2D eigenvalue weighted by Gasteiger charge is 2.33. The molecule has 8 heteroatoms. The quantitative estimate of drug-likeness (QED) is 0.462. The van der Waals surface area contributed by atoms with Crippen LogP contribution in [0.4, 0.5) is 0 Å². The van der Waals surface area contributed by atoms with Crippen molar-refractivity contribution in [1.29, 1.82) is 0 Å².